The highest BCUT2D eigenvalue weighted by Gasteiger charge is 2.07. The summed E-state index contributed by atoms with van der Waals surface area (Å²) in [5, 5.41) is 17.6. The van der Waals surface area contributed by atoms with Crippen LogP contribution in [0.25, 0.3) is 0 Å². The molecule has 0 radical (unpaired) electrons. The molecule has 0 aromatic rings. The molecule has 0 aliphatic heterocycles. The number of hydrogen-bond donors (Lipinski definition) is 2. The zero-order chi connectivity index (χ0) is 6.57. The first-order valence-electron chi connectivity index (χ1n) is 3.04. The van der Waals surface area contributed by atoms with Crippen molar-refractivity contribution in [2.75, 3.05) is 0 Å². The molecule has 0 saturated heterocycles. The van der Waals surface area contributed by atoms with Crippen LogP contribution in [-0.4, -0.2) is 22.4 Å². The molecule has 8 heavy (non-hydrogen) atoms. The van der Waals surface area contributed by atoms with Crippen molar-refractivity contribution in [3.63, 3.8) is 0 Å². The highest BCUT2D eigenvalue weighted by Crippen LogP contribution is 1.99. The van der Waals surface area contributed by atoms with E-state index in [-0.39, 0.29) is 2.85 Å². The zero-order valence-corrected chi connectivity index (χ0v) is 5.46. The fourth-order valence-electron chi connectivity index (χ4n) is 0.537. The Labute approximate surface area is 53.1 Å². The monoisotopic (exact) mass is 122 g/mol. The molecule has 0 saturated carbocycles. The largest absolute Gasteiger partial charge is 0.391 e. The maximum Gasteiger partial charge on any atom is 0.0796 e. The van der Waals surface area contributed by atoms with E-state index in [0.717, 1.165) is 6.42 Å². The van der Waals surface area contributed by atoms with E-state index in [2.05, 4.69) is 0 Å². The fourth-order valence-corrected chi connectivity index (χ4v) is 0.537. The average Bonchev–Trinajstić information content (AvgIpc) is 1.67. The molecule has 0 aromatic carbocycles. The molecule has 2 nitrogen and oxygen atoms in total. The molecule has 0 spiro atoms. The van der Waals surface area contributed by atoms with Crippen LogP contribution < -0.4 is 0 Å². The van der Waals surface area contributed by atoms with Crippen molar-refractivity contribution >= 4 is 0 Å². The maximum atomic E-state index is 8.88. The second kappa shape index (κ2) is 3.87. The van der Waals surface area contributed by atoms with Gasteiger partial charge in [0.1, 0.15) is 0 Å². The minimum absolute atomic E-state index is 0. The van der Waals surface area contributed by atoms with Gasteiger partial charge in [-0.05, 0) is 13.3 Å². The Balaban J connectivity index is -0.000000245. The van der Waals surface area contributed by atoms with Crippen LogP contribution in [0.2, 0.25) is 0 Å². The summed E-state index contributed by atoms with van der Waals surface area (Å²) in [6, 6.07) is 0. The van der Waals surface area contributed by atoms with Gasteiger partial charge in [-0.2, -0.15) is 0 Å². The molecule has 0 aliphatic carbocycles. The van der Waals surface area contributed by atoms with Crippen LogP contribution in [-0.2, 0) is 0 Å². The van der Waals surface area contributed by atoms with Crippen LogP contribution >= 0.6 is 0 Å². The molecule has 0 rings (SSSR count). The third-order valence-electron chi connectivity index (χ3n) is 1.14. The van der Waals surface area contributed by atoms with E-state index in [4.69, 9.17) is 10.2 Å². The number of rotatable bonds is 3. The van der Waals surface area contributed by atoms with Gasteiger partial charge in [-0.3, -0.25) is 0 Å². The van der Waals surface area contributed by atoms with E-state index in [1.807, 2.05) is 6.92 Å². The van der Waals surface area contributed by atoms with Gasteiger partial charge in [0.25, 0.3) is 0 Å². The van der Waals surface area contributed by atoms with Crippen molar-refractivity contribution in [1.82, 2.24) is 0 Å². The first-order valence-corrected chi connectivity index (χ1v) is 3.04. The molecule has 2 unspecified atom stereocenters. The maximum absolute atomic E-state index is 8.88. The van der Waals surface area contributed by atoms with Gasteiger partial charge in [0.15, 0.2) is 0 Å². The van der Waals surface area contributed by atoms with Crippen molar-refractivity contribution < 1.29 is 13.1 Å². The SMILES string of the molecule is CCCC(O)C(C)O.[HH].[HH]. The summed E-state index contributed by atoms with van der Waals surface area (Å²) in [6.07, 6.45) is 0.513. The number of aliphatic hydroxyl groups is 2. The Morgan fingerprint density at radius 2 is 2.00 bits per heavy atom. The van der Waals surface area contributed by atoms with Gasteiger partial charge >= 0.3 is 0 Å². The summed E-state index contributed by atoms with van der Waals surface area (Å²) in [4.78, 5) is 0. The summed E-state index contributed by atoms with van der Waals surface area (Å²) in [5.74, 6) is 0. The van der Waals surface area contributed by atoms with Gasteiger partial charge in [-0.25, -0.2) is 0 Å². The number of aliphatic hydroxyl groups excluding tert-OH is 2. The third-order valence-corrected chi connectivity index (χ3v) is 1.14. The Hall–Kier alpha value is -0.0800. The Morgan fingerprint density at radius 1 is 1.50 bits per heavy atom. The first-order chi connectivity index (χ1) is 3.68. The van der Waals surface area contributed by atoms with Gasteiger partial charge in [0.05, 0.1) is 12.2 Å². The van der Waals surface area contributed by atoms with E-state index in [1.54, 1.807) is 6.92 Å². The minimum atomic E-state index is -0.574. The Morgan fingerprint density at radius 3 is 2.12 bits per heavy atom. The molecule has 0 heterocycles. The minimum Gasteiger partial charge on any atom is -0.391 e. The van der Waals surface area contributed by atoms with Crippen molar-refractivity contribution in [1.29, 1.82) is 0 Å². The Bertz CT molecular complexity index is 59.7. The highest BCUT2D eigenvalue weighted by atomic mass is 16.3. The van der Waals surface area contributed by atoms with Crippen LogP contribution in [0.5, 0.6) is 0 Å². The fraction of sp³-hybridized carbons (Fsp3) is 1.00. The zero-order valence-electron chi connectivity index (χ0n) is 5.46. The van der Waals surface area contributed by atoms with E-state index in [1.165, 1.54) is 0 Å². The van der Waals surface area contributed by atoms with Gasteiger partial charge in [-0.15, -0.1) is 0 Å². The molecule has 0 aliphatic rings. The average molecular weight is 122 g/mol. The van der Waals surface area contributed by atoms with Crippen molar-refractivity contribution in [2.45, 2.75) is 38.9 Å². The van der Waals surface area contributed by atoms with Crippen LogP contribution in [0.1, 0.15) is 29.5 Å². The summed E-state index contributed by atoms with van der Waals surface area (Å²) in [6.45, 7) is 3.58. The third kappa shape index (κ3) is 2.99. The molecule has 2 heteroatoms. The van der Waals surface area contributed by atoms with E-state index in [0.29, 0.717) is 6.42 Å². The lowest BCUT2D eigenvalue weighted by molar-refractivity contribution is 0.0259. The molecule has 0 fully saturated rings. The first kappa shape index (κ1) is 7.92. The van der Waals surface area contributed by atoms with Gasteiger partial charge < -0.3 is 10.2 Å². The lowest BCUT2D eigenvalue weighted by Crippen LogP contribution is -2.21. The van der Waals surface area contributed by atoms with Gasteiger partial charge in [-0.1, -0.05) is 13.3 Å². The van der Waals surface area contributed by atoms with Gasteiger partial charge in [0.2, 0.25) is 0 Å². The lowest BCUT2D eigenvalue weighted by atomic mass is 10.1. The van der Waals surface area contributed by atoms with E-state index in [9.17, 15) is 0 Å². The number of hydrogen-bond acceptors (Lipinski definition) is 2. The predicted octanol–water partition coefficient (Wildman–Crippen LogP) is 1.02. The predicted molar refractivity (Wildman–Crippen MR) is 36.8 cm³/mol. The summed E-state index contributed by atoms with van der Waals surface area (Å²) in [5.41, 5.74) is 0. The van der Waals surface area contributed by atoms with Crippen LogP contribution in [0, 0.1) is 0 Å². The second-order valence-corrected chi connectivity index (χ2v) is 2.10. The topological polar surface area (TPSA) is 40.5 Å². The molecule has 54 valence electrons. The second-order valence-electron chi connectivity index (χ2n) is 2.10. The molecule has 2 N–H and O–H groups in total. The van der Waals surface area contributed by atoms with Gasteiger partial charge in [0, 0.05) is 2.85 Å². The van der Waals surface area contributed by atoms with E-state index >= 15 is 0 Å². The van der Waals surface area contributed by atoms with Crippen molar-refractivity contribution in [3.05, 3.63) is 0 Å². The Kier molecular flexibility index (Phi) is 3.83. The summed E-state index contributed by atoms with van der Waals surface area (Å²) in [7, 11) is 0. The lowest BCUT2D eigenvalue weighted by Gasteiger charge is -2.10. The molecule has 0 bridgehead atoms. The molecule has 0 aromatic heterocycles. The van der Waals surface area contributed by atoms with E-state index < -0.39 is 12.2 Å². The molecule has 2 atom stereocenters. The summed E-state index contributed by atoms with van der Waals surface area (Å²) < 4.78 is 0. The quantitative estimate of drug-likeness (QED) is 0.586. The summed E-state index contributed by atoms with van der Waals surface area (Å²) >= 11 is 0. The molecular formula is C6H18O2. The highest BCUT2D eigenvalue weighted by molar-refractivity contribution is 4.59. The van der Waals surface area contributed by atoms with Crippen molar-refractivity contribution in [2.24, 2.45) is 0 Å². The molecular weight excluding hydrogens is 104 g/mol. The van der Waals surface area contributed by atoms with Crippen LogP contribution in [0.4, 0.5) is 0 Å². The normalized spacial score (nSPS) is 18.0. The van der Waals surface area contributed by atoms with Crippen LogP contribution in [0.3, 0.4) is 0 Å². The van der Waals surface area contributed by atoms with Crippen LogP contribution in [0.15, 0.2) is 0 Å². The molecule has 0 amide bonds. The smallest absolute Gasteiger partial charge is 0.0796 e. The van der Waals surface area contributed by atoms with Crippen molar-refractivity contribution in [3.8, 4) is 0 Å². The standard InChI is InChI=1S/C6H14O2.2H2/c1-3-4-6(8)5(2)7;;/h5-8H,3-4H2,1-2H3;2*1H.